The molecule has 2 amide bonds. The number of carbonyl (C=O) groups excluding carboxylic acids is 2. The lowest BCUT2D eigenvalue weighted by molar-refractivity contribution is -0.123. The Kier molecular flexibility index (Phi) is 4.03. The minimum atomic E-state index is -0.371. The number of hydrogen-bond donors (Lipinski definition) is 0. The fourth-order valence-corrected chi connectivity index (χ4v) is 3.86. The highest BCUT2D eigenvalue weighted by Gasteiger charge is 2.49. The van der Waals surface area contributed by atoms with Gasteiger partial charge in [-0.15, -0.1) is 0 Å². The number of benzene rings is 1. The van der Waals surface area contributed by atoms with Crippen molar-refractivity contribution in [3.8, 4) is 0 Å². The Hall–Kier alpha value is -2.67. The maximum absolute atomic E-state index is 13.6. The summed E-state index contributed by atoms with van der Waals surface area (Å²) in [7, 11) is 1.90. The molecule has 26 heavy (non-hydrogen) atoms. The number of piperazine rings is 1. The molecule has 3 heterocycles. The van der Waals surface area contributed by atoms with E-state index in [-0.39, 0.29) is 29.7 Å². The predicted octanol–water partition coefficient (Wildman–Crippen LogP) is 1.98. The molecule has 0 aliphatic carbocycles. The monoisotopic (exact) mass is 357 g/mol. The van der Waals surface area contributed by atoms with Crippen LogP contribution in [0.15, 0.2) is 47.1 Å². The quantitative estimate of drug-likeness (QED) is 0.825. The molecule has 0 bridgehead atoms. The van der Waals surface area contributed by atoms with Crippen molar-refractivity contribution < 1.29 is 18.4 Å². The Labute approximate surface area is 150 Å². The molecule has 1 spiro atoms. The number of furan rings is 1. The van der Waals surface area contributed by atoms with Crippen LogP contribution in [0.1, 0.15) is 17.0 Å². The maximum atomic E-state index is 13.6. The minimum Gasteiger partial charge on any atom is -0.459 e. The van der Waals surface area contributed by atoms with E-state index in [1.54, 1.807) is 34.1 Å². The van der Waals surface area contributed by atoms with Gasteiger partial charge in [0.25, 0.3) is 5.91 Å². The van der Waals surface area contributed by atoms with Crippen molar-refractivity contribution in [3.63, 3.8) is 0 Å². The number of anilines is 1. The molecule has 4 rings (SSSR count). The summed E-state index contributed by atoms with van der Waals surface area (Å²) in [4.78, 5) is 30.5. The smallest absolute Gasteiger partial charge is 0.289 e. The van der Waals surface area contributed by atoms with Crippen LogP contribution in [0.5, 0.6) is 0 Å². The first-order chi connectivity index (χ1) is 12.5. The molecule has 0 radical (unpaired) electrons. The molecule has 2 saturated heterocycles. The van der Waals surface area contributed by atoms with Crippen LogP contribution in [0.25, 0.3) is 0 Å². The van der Waals surface area contributed by atoms with E-state index in [2.05, 4.69) is 0 Å². The molecule has 1 atom stereocenters. The Morgan fingerprint density at radius 1 is 1.23 bits per heavy atom. The third-order valence-electron chi connectivity index (χ3n) is 5.41. The first kappa shape index (κ1) is 16.8. The molecular weight excluding hydrogens is 337 g/mol. The fraction of sp³-hybridized carbons (Fsp3) is 0.368. The molecule has 2 aliphatic heterocycles. The van der Waals surface area contributed by atoms with Crippen LogP contribution < -0.4 is 4.90 Å². The van der Waals surface area contributed by atoms with E-state index in [1.807, 2.05) is 11.9 Å². The largest absolute Gasteiger partial charge is 0.459 e. The second-order valence-electron chi connectivity index (χ2n) is 6.99. The van der Waals surface area contributed by atoms with Gasteiger partial charge in [0.2, 0.25) is 5.91 Å². The van der Waals surface area contributed by atoms with Gasteiger partial charge >= 0.3 is 0 Å². The average molecular weight is 357 g/mol. The number of rotatable bonds is 2. The number of nitrogens with zero attached hydrogens (tertiary/aromatic N) is 3. The van der Waals surface area contributed by atoms with Gasteiger partial charge in [-0.1, -0.05) is 6.07 Å². The molecule has 7 heteroatoms. The highest BCUT2D eigenvalue weighted by Crippen LogP contribution is 2.34. The zero-order chi connectivity index (χ0) is 18.3. The van der Waals surface area contributed by atoms with Gasteiger partial charge in [0, 0.05) is 25.3 Å². The molecule has 2 aliphatic rings. The number of likely N-dealkylation sites (N-methyl/N-ethyl adjacent to an activating group) is 1. The molecule has 2 fully saturated rings. The average Bonchev–Trinajstić information content (AvgIpc) is 3.29. The normalized spacial score (nSPS) is 23.8. The molecule has 0 N–H and O–H groups in total. The van der Waals surface area contributed by atoms with Crippen molar-refractivity contribution in [1.29, 1.82) is 0 Å². The number of amides is 2. The number of carbonyl (C=O) groups is 2. The van der Waals surface area contributed by atoms with Crippen molar-refractivity contribution in [1.82, 2.24) is 9.80 Å². The van der Waals surface area contributed by atoms with Crippen LogP contribution in [-0.2, 0) is 4.79 Å². The van der Waals surface area contributed by atoms with Gasteiger partial charge in [0.05, 0.1) is 18.3 Å². The highest BCUT2D eigenvalue weighted by atomic mass is 19.1. The van der Waals surface area contributed by atoms with Crippen molar-refractivity contribution in [2.24, 2.45) is 0 Å². The zero-order valence-corrected chi connectivity index (χ0v) is 14.5. The van der Waals surface area contributed by atoms with Crippen molar-refractivity contribution >= 4 is 17.5 Å². The standard InChI is InChI=1S/C19H20FN3O3/c1-21-11-17(24)23(15-5-2-4-14(20)10-15)13-19(21)7-8-22(12-19)18(25)16-6-3-9-26-16/h2-6,9-10H,7-8,11-13H2,1H3/t19-/m0/s1. The summed E-state index contributed by atoms with van der Waals surface area (Å²) in [5, 5.41) is 0. The third kappa shape index (κ3) is 2.78. The SMILES string of the molecule is CN1CC(=O)N(c2cccc(F)c2)C[C@@]12CCN(C(=O)c1ccco1)C2. The van der Waals surface area contributed by atoms with Crippen molar-refractivity contribution in [3.05, 3.63) is 54.2 Å². The molecule has 6 nitrogen and oxygen atoms in total. The van der Waals surface area contributed by atoms with E-state index in [1.165, 1.54) is 18.4 Å². The molecule has 136 valence electrons. The van der Waals surface area contributed by atoms with Gasteiger partial charge in [-0.3, -0.25) is 14.5 Å². The molecular formula is C19H20FN3O3. The summed E-state index contributed by atoms with van der Waals surface area (Å²) in [6.07, 6.45) is 2.23. The van der Waals surface area contributed by atoms with Gasteiger partial charge in [-0.05, 0) is 43.8 Å². The minimum absolute atomic E-state index is 0.0699. The van der Waals surface area contributed by atoms with Gasteiger partial charge in [0.1, 0.15) is 5.82 Å². The van der Waals surface area contributed by atoms with E-state index in [0.29, 0.717) is 31.1 Å². The molecule has 0 saturated carbocycles. The fourth-order valence-electron chi connectivity index (χ4n) is 3.86. The van der Waals surface area contributed by atoms with Crippen LogP contribution in [-0.4, -0.2) is 60.4 Å². The molecule has 1 aromatic carbocycles. The summed E-state index contributed by atoms with van der Waals surface area (Å²) in [5.74, 6) is -0.267. The number of halogens is 1. The highest BCUT2D eigenvalue weighted by molar-refractivity contribution is 5.96. The predicted molar refractivity (Wildman–Crippen MR) is 93.3 cm³/mol. The Morgan fingerprint density at radius 2 is 2.08 bits per heavy atom. The third-order valence-corrected chi connectivity index (χ3v) is 5.41. The van der Waals surface area contributed by atoms with Crippen LogP contribution in [0.2, 0.25) is 0 Å². The molecule has 2 aromatic rings. The maximum Gasteiger partial charge on any atom is 0.289 e. The lowest BCUT2D eigenvalue weighted by atomic mass is 9.92. The van der Waals surface area contributed by atoms with Crippen LogP contribution >= 0.6 is 0 Å². The topological polar surface area (TPSA) is 57.0 Å². The van der Waals surface area contributed by atoms with Crippen LogP contribution in [0.3, 0.4) is 0 Å². The summed E-state index contributed by atoms with van der Waals surface area (Å²) < 4.78 is 18.8. The van der Waals surface area contributed by atoms with E-state index in [4.69, 9.17) is 4.42 Å². The first-order valence-corrected chi connectivity index (χ1v) is 8.58. The van der Waals surface area contributed by atoms with Gasteiger partial charge in [0.15, 0.2) is 5.76 Å². The summed E-state index contributed by atoms with van der Waals surface area (Å²) in [6.45, 7) is 1.75. The van der Waals surface area contributed by atoms with Crippen LogP contribution in [0, 0.1) is 5.82 Å². The lowest BCUT2D eigenvalue weighted by Gasteiger charge is -2.46. The van der Waals surface area contributed by atoms with E-state index in [0.717, 1.165) is 6.42 Å². The Balaban J connectivity index is 1.57. The van der Waals surface area contributed by atoms with E-state index < -0.39 is 0 Å². The van der Waals surface area contributed by atoms with Gasteiger partial charge in [-0.2, -0.15) is 0 Å². The van der Waals surface area contributed by atoms with E-state index in [9.17, 15) is 14.0 Å². The number of hydrogen-bond acceptors (Lipinski definition) is 4. The summed E-state index contributed by atoms with van der Waals surface area (Å²) in [6, 6.07) is 9.42. The Morgan fingerprint density at radius 3 is 2.81 bits per heavy atom. The van der Waals surface area contributed by atoms with Gasteiger partial charge in [-0.25, -0.2) is 4.39 Å². The lowest BCUT2D eigenvalue weighted by Crippen LogP contribution is -2.64. The van der Waals surface area contributed by atoms with Crippen LogP contribution in [0.4, 0.5) is 10.1 Å². The number of likely N-dealkylation sites (tertiary alicyclic amines) is 1. The zero-order valence-electron chi connectivity index (χ0n) is 14.5. The van der Waals surface area contributed by atoms with Crippen molar-refractivity contribution in [2.45, 2.75) is 12.0 Å². The van der Waals surface area contributed by atoms with E-state index >= 15 is 0 Å². The summed E-state index contributed by atoms with van der Waals surface area (Å²) >= 11 is 0. The van der Waals surface area contributed by atoms with Crippen molar-refractivity contribution in [2.75, 3.05) is 38.1 Å². The first-order valence-electron chi connectivity index (χ1n) is 8.58. The van der Waals surface area contributed by atoms with Gasteiger partial charge < -0.3 is 14.2 Å². The summed E-state index contributed by atoms with van der Waals surface area (Å²) in [5.41, 5.74) is 0.209. The molecule has 1 aromatic heterocycles. The Bertz CT molecular complexity index is 838. The molecule has 0 unspecified atom stereocenters. The second-order valence-corrected chi connectivity index (χ2v) is 6.99. The second kappa shape index (κ2) is 6.25.